The molecule has 8 nitrogen and oxygen atoms in total. The maximum atomic E-state index is 6.28. The zero-order chi connectivity index (χ0) is 64.7. The summed E-state index contributed by atoms with van der Waals surface area (Å²) >= 11 is 3.46. The van der Waals surface area contributed by atoms with Crippen molar-refractivity contribution in [3.63, 3.8) is 0 Å². The molecular weight excluding hydrogens is 1240 g/mol. The zero-order valence-electron chi connectivity index (χ0n) is 53.1. The first-order chi connectivity index (χ1) is 47.0. The second kappa shape index (κ2) is 23.7. The SMILES string of the molecule is Brc1ccc2oc3nc4ccccc4nc3c2c1.CC1(C)OB(c2ccc(-c3c4ccccc4c(-c4ccccc4)c4ccccc34)cc2)OC1(C)C.c1ccc(-c2c3ccccc3c(-c3ccc(-c4ccc5oc6nc7ccccc7nc6c5c4)cc3)c3ccccc23)cc1. The van der Waals surface area contributed by atoms with Crippen LogP contribution in [0.1, 0.15) is 27.7 Å². The largest absolute Gasteiger partial charge is 0.494 e. The molecule has 4 aromatic heterocycles. The summed E-state index contributed by atoms with van der Waals surface area (Å²) < 4.78 is 25.4. The summed E-state index contributed by atoms with van der Waals surface area (Å²) in [5.41, 5.74) is 20.3. The molecule has 0 spiro atoms. The van der Waals surface area contributed by atoms with Gasteiger partial charge in [-0.2, -0.15) is 0 Å². The summed E-state index contributed by atoms with van der Waals surface area (Å²) in [5.74, 6) is 0. The fourth-order valence-corrected chi connectivity index (χ4v) is 14.1. The molecule has 0 amide bonds. The summed E-state index contributed by atoms with van der Waals surface area (Å²) in [6.07, 6.45) is 0. The predicted octanol–water partition coefficient (Wildman–Crippen LogP) is 22.8. The van der Waals surface area contributed by atoms with Crippen molar-refractivity contribution in [3.8, 4) is 55.6 Å². The van der Waals surface area contributed by atoms with Crippen molar-refractivity contribution in [1.82, 2.24) is 19.9 Å². The first-order valence-electron chi connectivity index (χ1n) is 32.4. The fourth-order valence-electron chi connectivity index (χ4n) is 13.8. The van der Waals surface area contributed by atoms with Gasteiger partial charge in [-0.05, 0) is 186 Å². The minimum absolute atomic E-state index is 0.351. The molecule has 96 heavy (non-hydrogen) atoms. The molecule has 0 N–H and O–H groups in total. The molecule has 0 atom stereocenters. The second-order valence-electron chi connectivity index (χ2n) is 25.5. The maximum Gasteiger partial charge on any atom is 0.494 e. The molecule has 0 bridgehead atoms. The molecule has 1 aliphatic rings. The first-order valence-corrected chi connectivity index (χ1v) is 33.2. The monoisotopic (exact) mass is 1300 g/mol. The van der Waals surface area contributed by atoms with Gasteiger partial charge < -0.3 is 18.1 Å². The van der Waals surface area contributed by atoms with E-state index in [4.69, 9.17) is 28.1 Å². The van der Waals surface area contributed by atoms with E-state index in [1.54, 1.807) is 0 Å². The maximum absolute atomic E-state index is 6.28. The highest BCUT2D eigenvalue weighted by Crippen LogP contribution is 2.46. The van der Waals surface area contributed by atoms with Gasteiger partial charge >= 0.3 is 7.12 Å². The minimum atomic E-state index is -0.358. The fraction of sp³-hybridized carbons (Fsp3) is 0.0698. The highest BCUT2D eigenvalue weighted by Gasteiger charge is 2.51. The average Bonchev–Trinajstić information content (AvgIpc) is 1.06. The highest BCUT2D eigenvalue weighted by molar-refractivity contribution is 9.10. The van der Waals surface area contributed by atoms with Gasteiger partial charge in [-0.1, -0.05) is 253 Å². The van der Waals surface area contributed by atoms with Crippen LogP contribution in [-0.4, -0.2) is 38.3 Å². The summed E-state index contributed by atoms with van der Waals surface area (Å²) in [4.78, 5) is 18.7. The molecule has 1 fully saturated rings. The number of halogens is 1. The van der Waals surface area contributed by atoms with Crippen molar-refractivity contribution in [2.45, 2.75) is 38.9 Å². The quantitative estimate of drug-likeness (QED) is 0.120. The van der Waals surface area contributed by atoms with E-state index in [9.17, 15) is 0 Å². The third-order valence-electron chi connectivity index (χ3n) is 19.1. The summed E-state index contributed by atoms with van der Waals surface area (Å²) in [6.45, 7) is 8.36. The van der Waals surface area contributed by atoms with Crippen LogP contribution in [0, 0.1) is 0 Å². The second-order valence-corrected chi connectivity index (χ2v) is 26.4. The van der Waals surface area contributed by atoms with Gasteiger partial charge in [-0.15, -0.1) is 0 Å². The number of benzene rings is 14. The Kier molecular flexibility index (Phi) is 14.5. The normalized spacial score (nSPS) is 13.5. The van der Waals surface area contributed by atoms with Crippen molar-refractivity contribution in [2.24, 2.45) is 0 Å². The van der Waals surface area contributed by atoms with Crippen LogP contribution in [0.4, 0.5) is 0 Å². The Hall–Kier alpha value is -11.1. The lowest BCUT2D eigenvalue weighted by atomic mass is 9.78. The van der Waals surface area contributed by atoms with E-state index in [1.165, 1.54) is 87.6 Å². The Morgan fingerprint density at radius 2 is 0.583 bits per heavy atom. The Balaban J connectivity index is 0.000000117. The molecular formula is C86H60BBrN4O4. The lowest BCUT2D eigenvalue weighted by Crippen LogP contribution is -2.41. The van der Waals surface area contributed by atoms with Gasteiger partial charge in [0.05, 0.1) is 33.3 Å². The minimum Gasteiger partial charge on any atom is -0.436 e. The molecule has 0 aliphatic carbocycles. The van der Waals surface area contributed by atoms with E-state index >= 15 is 0 Å². The molecule has 1 aliphatic heterocycles. The molecule has 0 radical (unpaired) electrons. The molecule has 18 aromatic rings. The van der Waals surface area contributed by atoms with E-state index in [2.05, 4.69) is 272 Å². The van der Waals surface area contributed by atoms with Crippen LogP contribution in [0.15, 0.2) is 304 Å². The Morgan fingerprint density at radius 3 is 0.979 bits per heavy atom. The number of hydrogen-bond donors (Lipinski definition) is 0. The summed E-state index contributed by atoms with van der Waals surface area (Å²) in [5, 5.41) is 12.0. The average molecular weight is 1300 g/mol. The van der Waals surface area contributed by atoms with E-state index < -0.39 is 0 Å². The smallest absolute Gasteiger partial charge is 0.436 e. The summed E-state index contributed by atoms with van der Waals surface area (Å²) in [6, 6.07) is 102. The van der Waals surface area contributed by atoms with Gasteiger partial charge in [0.2, 0.25) is 11.4 Å². The van der Waals surface area contributed by atoms with E-state index in [1.807, 2.05) is 72.8 Å². The van der Waals surface area contributed by atoms with Gasteiger partial charge in [0, 0.05) is 15.2 Å². The molecule has 0 unspecified atom stereocenters. The topological polar surface area (TPSA) is 96.3 Å². The van der Waals surface area contributed by atoms with Crippen LogP contribution in [0.5, 0.6) is 0 Å². The molecule has 458 valence electrons. The number of nitrogens with zero attached hydrogens (tertiary/aromatic N) is 4. The molecule has 19 rings (SSSR count). The zero-order valence-corrected chi connectivity index (χ0v) is 54.7. The van der Waals surface area contributed by atoms with Gasteiger partial charge in [0.1, 0.15) is 22.2 Å². The Morgan fingerprint density at radius 1 is 0.281 bits per heavy atom. The van der Waals surface area contributed by atoms with E-state index in [0.29, 0.717) is 11.4 Å². The number of furan rings is 2. The lowest BCUT2D eigenvalue weighted by Gasteiger charge is -2.32. The van der Waals surface area contributed by atoms with Crippen molar-refractivity contribution in [2.75, 3.05) is 0 Å². The van der Waals surface area contributed by atoms with E-state index in [0.717, 1.165) is 76.1 Å². The number of fused-ring (bicyclic) bond motifs is 12. The van der Waals surface area contributed by atoms with Crippen LogP contribution in [-0.2, 0) is 9.31 Å². The van der Waals surface area contributed by atoms with Crippen LogP contribution in [0.25, 0.3) is 165 Å². The molecule has 14 aromatic carbocycles. The van der Waals surface area contributed by atoms with E-state index in [-0.39, 0.29) is 18.3 Å². The van der Waals surface area contributed by atoms with Crippen LogP contribution >= 0.6 is 15.9 Å². The Bertz CT molecular complexity index is 5920. The van der Waals surface area contributed by atoms with Crippen molar-refractivity contribution in [3.05, 3.63) is 296 Å². The summed E-state index contributed by atoms with van der Waals surface area (Å²) in [7, 11) is -0.358. The highest BCUT2D eigenvalue weighted by atomic mass is 79.9. The lowest BCUT2D eigenvalue weighted by molar-refractivity contribution is 0.00578. The van der Waals surface area contributed by atoms with Crippen molar-refractivity contribution < 1.29 is 18.1 Å². The van der Waals surface area contributed by atoms with Gasteiger partial charge in [-0.25, -0.2) is 19.9 Å². The van der Waals surface area contributed by atoms with Gasteiger partial charge in [0.15, 0.2) is 0 Å². The number of rotatable bonds is 6. The first kappa shape index (κ1) is 58.7. The molecule has 1 saturated heterocycles. The van der Waals surface area contributed by atoms with Crippen LogP contribution < -0.4 is 5.46 Å². The number of hydrogen-bond acceptors (Lipinski definition) is 8. The number of aromatic nitrogens is 4. The number of para-hydroxylation sites is 4. The predicted molar refractivity (Wildman–Crippen MR) is 401 cm³/mol. The van der Waals surface area contributed by atoms with Crippen LogP contribution in [0.3, 0.4) is 0 Å². The van der Waals surface area contributed by atoms with Crippen molar-refractivity contribution in [1.29, 1.82) is 0 Å². The molecule has 0 saturated carbocycles. The van der Waals surface area contributed by atoms with Crippen LogP contribution in [0.2, 0.25) is 0 Å². The van der Waals surface area contributed by atoms with Crippen molar-refractivity contribution >= 4 is 138 Å². The third-order valence-corrected chi connectivity index (χ3v) is 19.6. The van der Waals surface area contributed by atoms with Gasteiger partial charge in [0.25, 0.3) is 0 Å². The standard InChI is InChI=1S/C40H24N2O.C32H29BO2.C14H7BrN2O/c1-2-10-26(11-3-1)37-29-12-4-6-14-31(29)38(32-15-7-5-13-30(32)37)27-20-18-25(19-21-27)28-22-23-36-33(24-28)39-40(43-36)42-35-17-9-8-16-34(35)41-39;1-31(2)32(3,4)35-33(34-31)24-20-18-23(19-21-24)30-27-16-10-8-14-25(27)29(22-12-6-5-7-13-22)26-15-9-11-17-28(26)30;15-8-5-6-12-9(7-8)13-14(18-12)17-11-4-2-1-3-10(11)16-13/h1-24H;5-21H,1-4H3;1-7H. The molecule has 5 heterocycles. The Labute approximate surface area is 562 Å². The third kappa shape index (κ3) is 10.3. The van der Waals surface area contributed by atoms with Gasteiger partial charge in [-0.3, -0.25) is 0 Å². The molecule has 10 heteroatoms.